The van der Waals surface area contributed by atoms with Crippen molar-refractivity contribution in [3.8, 4) is 33.8 Å². The van der Waals surface area contributed by atoms with E-state index in [9.17, 15) is 19.5 Å². The van der Waals surface area contributed by atoms with Gasteiger partial charge in [-0.3, -0.25) is 4.79 Å². The Hall–Kier alpha value is -8.55. The van der Waals surface area contributed by atoms with Gasteiger partial charge in [-0.2, -0.15) is 0 Å². The molecule has 1 atom stereocenters. The molecule has 0 aliphatic carbocycles. The summed E-state index contributed by atoms with van der Waals surface area (Å²) in [4.78, 5) is 40.2. The van der Waals surface area contributed by atoms with Gasteiger partial charge in [-0.25, -0.2) is 9.59 Å². The molecule has 1 N–H and O–H groups in total. The molecular formula is C68H64O7. The lowest BCUT2D eigenvalue weighted by molar-refractivity contribution is 0.0392. The number of aromatic carboxylic acids is 1. The van der Waals surface area contributed by atoms with E-state index in [1.807, 2.05) is 84.9 Å². The summed E-state index contributed by atoms with van der Waals surface area (Å²) in [6, 6.07) is 58.0. The number of aryl methyl sites for hydroxylation is 2. The lowest BCUT2D eigenvalue weighted by Gasteiger charge is -2.28. The molecule has 0 saturated carbocycles. The van der Waals surface area contributed by atoms with Gasteiger partial charge >= 0.3 is 11.9 Å². The van der Waals surface area contributed by atoms with E-state index in [0.717, 1.165) is 61.2 Å². The molecule has 7 heteroatoms. The zero-order chi connectivity index (χ0) is 53.3. The van der Waals surface area contributed by atoms with Gasteiger partial charge in [-0.1, -0.05) is 198 Å². The molecule has 0 heterocycles. The molecule has 1 unspecified atom stereocenters. The molecule has 0 aliphatic rings. The fourth-order valence-electron chi connectivity index (χ4n) is 9.06. The predicted octanol–water partition coefficient (Wildman–Crippen LogP) is 16.6. The minimum Gasteiger partial charge on any atom is -0.489 e. The van der Waals surface area contributed by atoms with E-state index in [-0.39, 0.29) is 22.2 Å². The van der Waals surface area contributed by atoms with Gasteiger partial charge in [-0.05, 0) is 130 Å². The van der Waals surface area contributed by atoms with Crippen LogP contribution in [0.4, 0.5) is 0 Å². The Balaban J connectivity index is 1.11. The Morgan fingerprint density at radius 2 is 0.960 bits per heavy atom. The zero-order valence-electron chi connectivity index (χ0n) is 44.0. The van der Waals surface area contributed by atoms with Crippen LogP contribution in [-0.2, 0) is 28.8 Å². The number of hydrogen-bond acceptors (Lipinski definition) is 6. The molecule has 378 valence electrons. The van der Waals surface area contributed by atoms with Crippen LogP contribution in [0.25, 0.3) is 34.4 Å². The number of rotatable bonds is 17. The second-order valence-corrected chi connectivity index (χ2v) is 21.1. The summed E-state index contributed by atoms with van der Waals surface area (Å²) in [7, 11) is 0. The molecule has 0 bridgehead atoms. The molecule has 75 heavy (non-hydrogen) atoms. The predicted molar refractivity (Wildman–Crippen MR) is 303 cm³/mol. The number of allylic oxidation sites excluding steroid dienone is 1. The first-order chi connectivity index (χ1) is 35.9. The number of ketones is 1. The van der Waals surface area contributed by atoms with Crippen LogP contribution >= 0.6 is 0 Å². The number of ether oxygens (including phenoxy) is 3. The topological polar surface area (TPSA) is 99.1 Å². The molecule has 8 rings (SSSR count). The van der Waals surface area contributed by atoms with Crippen molar-refractivity contribution in [3.05, 3.63) is 261 Å². The number of carbonyl (C=O) groups is 3. The molecule has 7 nitrogen and oxygen atoms in total. The van der Waals surface area contributed by atoms with E-state index in [1.54, 1.807) is 66.8 Å². The number of carboxylic acids is 1. The van der Waals surface area contributed by atoms with Crippen LogP contribution in [0.5, 0.6) is 11.5 Å². The third kappa shape index (κ3) is 13.5. The lowest BCUT2D eigenvalue weighted by atomic mass is 9.79. The molecule has 0 aliphatic heterocycles. The van der Waals surface area contributed by atoms with Gasteiger partial charge in [0.25, 0.3) is 0 Å². The quantitative estimate of drug-likeness (QED) is 0.0551. The van der Waals surface area contributed by atoms with E-state index in [1.165, 1.54) is 0 Å². The van der Waals surface area contributed by atoms with Crippen molar-refractivity contribution in [2.45, 2.75) is 85.5 Å². The second kappa shape index (κ2) is 23.1. The molecule has 8 aromatic rings. The standard InChI is InChI=1S/C68H64O7/c1-45-19-29-51(30-20-45)57-39-55(41-61(63(57)67(3,4)5)73-43-49-15-11-9-12-16-49)59(69)37-27-47-25-35-54(36-26-47)66(72)75-60(38-28-48-23-33-53(34-24-48)65(70)71)56-40-58(52-31-21-46(2)22-32-52)64(68(6,7)8)62(42-56)74-44-50-17-13-10-14-18-50/h9-42,60H,43-44H2,1-8H3,(H,70,71)/b37-27+,38-28+. The van der Waals surface area contributed by atoms with Crippen molar-refractivity contribution in [2.24, 2.45) is 0 Å². The Morgan fingerprint density at radius 1 is 0.507 bits per heavy atom. The van der Waals surface area contributed by atoms with E-state index >= 15 is 0 Å². The number of carbonyl (C=O) groups excluding carboxylic acids is 2. The summed E-state index contributed by atoms with van der Waals surface area (Å²) in [5, 5.41) is 9.55. The van der Waals surface area contributed by atoms with Gasteiger partial charge < -0.3 is 19.3 Å². The molecular weight excluding hydrogens is 929 g/mol. The molecule has 0 fully saturated rings. The van der Waals surface area contributed by atoms with Crippen LogP contribution in [0.2, 0.25) is 0 Å². The average Bonchev–Trinajstić information content (AvgIpc) is 3.40. The molecule has 0 spiro atoms. The van der Waals surface area contributed by atoms with Crippen LogP contribution < -0.4 is 9.47 Å². The van der Waals surface area contributed by atoms with E-state index in [4.69, 9.17) is 14.2 Å². The summed E-state index contributed by atoms with van der Waals surface area (Å²) < 4.78 is 19.7. The third-order valence-corrected chi connectivity index (χ3v) is 13.0. The smallest absolute Gasteiger partial charge is 0.339 e. The number of benzene rings is 8. The maximum Gasteiger partial charge on any atom is 0.339 e. The maximum atomic E-state index is 14.3. The van der Waals surface area contributed by atoms with E-state index < -0.39 is 18.0 Å². The number of carboxylic acid groups (broad SMARTS) is 1. The Kier molecular flexibility index (Phi) is 16.3. The fraction of sp³-hybridized carbons (Fsp3) is 0.191. The second-order valence-electron chi connectivity index (χ2n) is 21.1. The van der Waals surface area contributed by atoms with E-state index in [0.29, 0.717) is 47.0 Å². The largest absolute Gasteiger partial charge is 0.489 e. The lowest BCUT2D eigenvalue weighted by Crippen LogP contribution is -2.17. The normalized spacial score (nSPS) is 12.2. The van der Waals surface area contributed by atoms with Gasteiger partial charge in [0, 0.05) is 22.3 Å². The Bertz CT molecular complexity index is 3340. The van der Waals surface area contributed by atoms with E-state index in [2.05, 4.69) is 110 Å². The molecule has 8 aromatic carbocycles. The summed E-state index contributed by atoms with van der Waals surface area (Å²) in [5.74, 6) is -0.461. The minimum absolute atomic E-state index is 0.166. The highest BCUT2D eigenvalue weighted by Crippen LogP contribution is 2.44. The van der Waals surface area contributed by atoms with Gasteiger partial charge in [0.05, 0.1) is 11.1 Å². The first-order valence-corrected chi connectivity index (χ1v) is 25.3. The first-order valence-electron chi connectivity index (χ1n) is 25.3. The monoisotopic (exact) mass is 992 g/mol. The molecule has 0 aromatic heterocycles. The molecule has 0 radical (unpaired) electrons. The van der Waals surface area contributed by atoms with Crippen LogP contribution in [-0.4, -0.2) is 22.8 Å². The van der Waals surface area contributed by atoms with Crippen LogP contribution in [0.3, 0.4) is 0 Å². The van der Waals surface area contributed by atoms with Gasteiger partial charge in [0.15, 0.2) is 5.78 Å². The highest BCUT2D eigenvalue weighted by atomic mass is 16.5. The Labute approximate surface area is 441 Å². The van der Waals surface area contributed by atoms with Crippen molar-refractivity contribution in [1.29, 1.82) is 0 Å². The first kappa shape index (κ1) is 52.8. The summed E-state index contributed by atoms with van der Waals surface area (Å²) >= 11 is 0. The van der Waals surface area contributed by atoms with Gasteiger partial charge in [-0.15, -0.1) is 0 Å². The Morgan fingerprint density at radius 3 is 1.44 bits per heavy atom. The van der Waals surface area contributed by atoms with Crippen molar-refractivity contribution in [2.75, 3.05) is 0 Å². The van der Waals surface area contributed by atoms with Crippen LogP contribution in [0.1, 0.15) is 129 Å². The molecule has 0 amide bonds. The summed E-state index contributed by atoms with van der Waals surface area (Å²) in [5.41, 5.74) is 12.6. The SMILES string of the molecule is Cc1ccc(-c2cc(C(=O)/C=C/c3ccc(C(=O)OC(/C=C/c4ccc(C(=O)O)cc4)c4cc(OCc5ccccc5)c(C(C)(C)C)c(-c5ccc(C)cc5)c4)cc3)cc(OCc3ccccc3)c2C(C)(C)C)cc1. The highest BCUT2D eigenvalue weighted by molar-refractivity contribution is 6.08. The summed E-state index contributed by atoms with van der Waals surface area (Å²) in [6.07, 6.45) is 6.02. The molecule has 0 saturated heterocycles. The van der Waals surface area contributed by atoms with Crippen molar-refractivity contribution >= 4 is 29.9 Å². The average molecular weight is 993 g/mol. The van der Waals surface area contributed by atoms with Crippen molar-refractivity contribution in [1.82, 2.24) is 0 Å². The van der Waals surface area contributed by atoms with Crippen LogP contribution in [0, 0.1) is 13.8 Å². The van der Waals surface area contributed by atoms with Crippen molar-refractivity contribution < 1.29 is 33.7 Å². The van der Waals surface area contributed by atoms with Crippen LogP contribution in [0.15, 0.2) is 194 Å². The maximum absolute atomic E-state index is 14.3. The number of hydrogen-bond donors (Lipinski definition) is 1. The van der Waals surface area contributed by atoms with Gasteiger partial charge in [0.1, 0.15) is 30.8 Å². The van der Waals surface area contributed by atoms with Crippen molar-refractivity contribution in [3.63, 3.8) is 0 Å². The van der Waals surface area contributed by atoms with Gasteiger partial charge in [0.2, 0.25) is 0 Å². The number of esters is 1. The minimum atomic E-state index is -1.02. The highest BCUT2D eigenvalue weighted by Gasteiger charge is 2.29. The zero-order valence-corrected chi connectivity index (χ0v) is 44.0. The fourth-order valence-corrected chi connectivity index (χ4v) is 9.06. The summed E-state index contributed by atoms with van der Waals surface area (Å²) in [6.45, 7) is 17.7. The third-order valence-electron chi connectivity index (χ3n) is 13.0.